The maximum Gasteiger partial charge on any atom is 0.308 e. The fraction of sp³-hybridized carbons (Fsp3) is 0.533. The van der Waals surface area contributed by atoms with Crippen LogP contribution in [-0.2, 0) is 16.1 Å². The van der Waals surface area contributed by atoms with Crippen LogP contribution < -0.4 is 0 Å². The summed E-state index contributed by atoms with van der Waals surface area (Å²) in [5.74, 6) is 0.0452. The Morgan fingerprint density at radius 1 is 1.33 bits per heavy atom. The molecule has 3 heteroatoms. The van der Waals surface area contributed by atoms with Crippen LogP contribution in [0.25, 0.3) is 0 Å². The van der Waals surface area contributed by atoms with E-state index in [1.807, 2.05) is 6.07 Å². The van der Waals surface area contributed by atoms with E-state index >= 15 is 0 Å². The first kappa shape index (κ1) is 13.1. The van der Waals surface area contributed by atoms with Crippen molar-refractivity contribution in [2.24, 2.45) is 5.92 Å². The first-order chi connectivity index (χ1) is 8.70. The summed E-state index contributed by atoms with van der Waals surface area (Å²) in [5.41, 5.74) is 1.32. The molecule has 0 amide bonds. The summed E-state index contributed by atoms with van der Waals surface area (Å²) in [6.07, 6.45) is 2.97. The lowest BCUT2D eigenvalue weighted by Crippen LogP contribution is -2.29. The molecule has 0 radical (unpaired) electrons. The zero-order chi connectivity index (χ0) is 13.0. The number of hydrogen-bond acceptors (Lipinski definition) is 3. The number of esters is 1. The molecule has 0 aromatic heterocycles. The third-order valence-corrected chi connectivity index (χ3v) is 3.84. The van der Waals surface area contributed by atoms with Gasteiger partial charge in [-0.1, -0.05) is 30.3 Å². The Morgan fingerprint density at radius 3 is 2.72 bits per heavy atom. The van der Waals surface area contributed by atoms with E-state index in [1.165, 1.54) is 12.7 Å². The lowest BCUT2D eigenvalue weighted by Gasteiger charge is -2.24. The standard InChI is InChI=1S/C15H21NO2/c1-16(11-12-6-4-3-5-7-12)14-9-8-13(10-14)15(17)18-2/h3-7,13-14H,8-11H2,1-2H3/t13-,14?/m0/s1. The van der Waals surface area contributed by atoms with Crippen LogP contribution in [0.3, 0.4) is 0 Å². The van der Waals surface area contributed by atoms with Crippen LogP contribution in [0.4, 0.5) is 0 Å². The van der Waals surface area contributed by atoms with Crippen LogP contribution in [0.5, 0.6) is 0 Å². The Kier molecular flexibility index (Phi) is 4.37. The summed E-state index contributed by atoms with van der Waals surface area (Å²) < 4.78 is 4.82. The van der Waals surface area contributed by atoms with E-state index in [2.05, 4.69) is 36.2 Å². The maximum absolute atomic E-state index is 11.5. The molecule has 1 aliphatic carbocycles. The molecule has 0 saturated heterocycles. The summed E-state index contributed by atoms with van der Waals surface area (Å²) in [6, 6.07) is 10.9. The van der Waals surface area contributed by atoms with Crippen molar-refractivity contribution in [1.82, 2.24) is 4.90 Å². The number of rotatable bonds is 4. The van der Waals surface area contributed by atoms with E-state index in [1.54, 1.807) is 0 Å². The van der Waals surface area contributed by atoms with E-state index in [0.29, 0.717) is 6.04 Å². The second-order valence-corrected chi connectivity index (χ2v) is 5.09. The van der Waals surface area contributed by atoms with Crippen molar-refractivity contribution >= 4 is 5.97 Å². The fourth-order valence-corrected chi connectivity index (χ4v) is 2.74. The molecule has 1 aromatic carbocycles. The third-order valence-electron chi connectivity index (χ3n) is 3.84. The number of benzene rings is 1. The topological polar surface area (TPSA) is 29.5 Å². The summed E-state index contributed by atoms with van der Waals surface area (Å²) in [4.78, 5) is 13.8. The Hall–Kier alpha value is -1.35. The largest absolute Gasteiger partial charge is 0.469 e. The highest BCUT2D eigenvalue weighted by molar-refractivity contribution is 5.72. The molecule has 0 bridgehead atoms. The first-order valence-corrected chi connectivity index (χ1v) is 6.52. The van der Waals surface area contributed by atoms with Crippen LogP contribution in [0, 0.1) is 5.92 Å². The Bertz CT molecular complexity index is 391. The molecule has 0 heterocycles. The van der Waals surface area contributed by atoms with Crippen molar-refractivity contribution in [3.05, 3.63) is 35.9 Å². The van der Waals surface area contributed by atoms with Crippen molar-refractivity contribution in [1.29, 1.82) is 0 Å². The Labute approximate surface area is 109 Å². The monoisotopic (exact) mass is 247 g/mol. The second-order valence-electron chi connectivity index (χ2n) is 5.09. The van der Waals surface area contributed by atoms with Crippen molar-refractivity contribution in [2.45, 2.75) is 31.8 Å². The number of hydrogen-bond donors (Lipinski definition) is 0. The molecule has 1 fully saturated rings. The summed E-state index contributed by atoms with van der Waals surface area (Å²) in [7, 11) is 3.61. The molecule has 3 nitrogen and oxygen atoms in total. The highest BCUT2D eigenvalue weighted by atomic mass is 16.5. The smallest absolute Gasteiger partial charge is 0.308 e. The predicted octanol–water partition coefficient (Wildman–Crippen LogP) is 2.46. The molecular weight excluding hydrogens is 226 g/mol. The van der Waals surface area contributed by atoms with Crippen molar-refractivity contribution in [2.75, 3.05) is 14.2 Å². The molecular formula is C15H21NO2. The lowest BCUT2D eigenvalue weighted by atomic mass is 10.1. The van der Waals surface area contributed by atoms with Crippen LogP contribution in [0.2, 0.25) is 0 Å². The van der Waals surface area contributed by atoms with Crippen molar-refractivity contribution in [3.8, 4) is 0 Å². The van der Waals surface area contributed by atoms with Gasteiger partial charge in [-0.3, -0.25) is 9.69 Å². The molecule has 1 unspecified atom stereocenters. The second kappa shape index (κ2) is 6.01. The normalized spacial score (nSPS) is 23.3. The highest BCUT2D eigenvalue weighted by Gasteiger charge is 2.32. The Balaban J connectivity index is 1.88. The average molecular weight is 247 g/mol. The minimum atomic E-state index is -0.0504. The van der Waals surface area contributed by atoms with E-state index in [4.69, 9.17) is 4.74 Å². The van der Waals surface area contributed by atoms with E-state index in [0.717, 1.165) is 25.8 Å². The summed E-state index contributed by atoms with van der Waals surface area (Å²) in [6.45, 7) is 0.944. The molecule has 1 aromatic rings. The Morgan fingerprint density at radius 2 is 2.06 bits per heavy atom. The van der Waals surface area contributed by atoms with Gasteiger partial charge in [-0.2, -0.15) is 0 Å². The summed E-state index contributed by atoms with van der Waals surface area (Å²) in [5, 5.41) is 0. The SMILES string of the molecule is COC(=O)[C@H]1CCC(N(C)Cc2ccccc2)C1. The number of methoxy groups -OCH3 is 1. The van der Waals surface area contributed by atoms with E-state index in [9.17, 15) is 4.79 Å². The molecule has 0 N–H and O–H groups in total. The van der Waals surface area contributed by atoms with Crippen LogP contribution in [0.1, 0.15) is 24.8 Å². The van der Waals surface area contributed by atoms with Gasteiger partial charge in [0.05, 0.1) is 13.0 Å². The van der Waals surface area contributed by atoms with Gasteiger partial charge in [-0.15, -0.1) is 0 Å². The van der Waals surface area contributed by atoms with Gasteiger partial charge in [-0.25, -0.2) is 0 Å². The van der Waals surface area contributed by atoms with Gasteiger partial charge in [0.15, 0.2) is 0 Å². The number of ether oxygens (including phenoxy) is 1. The third kappa shape index (κ3) is 3.10. The minimum Gasteiger partial charge on any atom is -0.469 e. The van der Waals surface area contributed by atoms with Crippen molar-refractivity contribution < 1.29 is 9.53 Å². The maximum atomic E-state index is 11.5. The molecule has 0 spiro atoms. The molecule has 0 aliphatic heterocycles. The molecule has 98 valence electrons. The number of carbonyl (C=O) groups excluding carboxylic acids is 1. The van der Waals surface area contributed by atoms with Gasteiger partial charge in [0, 0.05) is 12.6 Å². The van der Waals surface area contributed by atoms with Crippen molar-refractivity contribution in [3.63, 3.8) is 0 Å². The predicted molar refractivity (Wildman–Crippen MR) is 71.1 cm³/mol. The van der Waals surface area contributed by atoms with Gasteiger partial charge in [-0.05, 0) is 31.9 Å². The molecule has 2 atom stereocenters. The zero-order valence-electron chi connectivity index (χ0n) is 11.1. The average Bonchev–Trinajstić information content (AvgIpc) is 2.88. The fourth-order valence-electron chi connectivity index (χ4n) is 2.74. The van der Waals surface area contributed by atoms with Gasteiger partial charge >= 0.3 is 5.97 Å². The molecule has 18 heavy (non-hydrogen) atoms. The molecule has 1 saturated carbocycles. The van der Waals surface area contributed by atoms with Gasteiger partial charge in [0.25, 0.3) is 0 Å². The molecule has 2 rings (SSSR count). The highest BCUT2D eigenvalue weighted by Crippen LogP contribution is 2.30. The van der Waals surface area contributed by atoms with Gasteiger partial charge < -0.3 is 4.74 Å². The lowest BCUT2D eigenvalue weighted by molar-refractivity contribution is -0.145. The van der Waals surface area contributed by atoms with Gasteiger partial charge in [0.1, 0.15) is 0 Å². The molecule has 1 aliphatic rings. The first-order valence-electron chi connectivity index (χ1n) is 6.52. The zero-order valence-corrected chi connectivity index (χ0v) is 11.1. The number of carbonyl (C=O) groups is 1. The van der Waals surface area contributed by atoms with Gasteiger partial charge in [0.2, 0.25) is 0 Å². The quantitative estimate of drug-likeness (QED) is 0.765. The summed E-state index contributed by atoms with van der Waals surface area (Å²) >= 11 is 0. The van der Waals surface area contributed by atoms with E-state index in [-0.39, 0.29) is 11.9 Å². The van der Waals surface area contributed by atoms with E-state index < -0.39 is 0 Å². The van der Waals surface area contributed by atoms with Crippen LogP contribution >= 0.6 is 0 Å². The number of nitrogens with zero attached hydrogens (tertiary/aromatic N) is 1. The van der Waals surface area contributed by atoms with Crippen LogP contribution in [0.15, 0.2) is 30.3 Å². The van der Waals surface area contributed by atoms with Crippen LogP contribution in [-0.4, -0.2) is 31.1 Å². The minimum absolute atomic E-state index is 0.0504.